The van der Waals surface area contributed by atoms with Gasteiger partial charge in [-0.1, -0.05) is 50.2 Å². The van der Waals surface area contributed by atoms with Gasteiger partial charge in [0.25, 0.3) is 0 Å². The molecule has 0 atom stereocenters. The maximum Gasteiger partial charge on any atom is 0.238 e. The number of thiazole rings is 1. The third-order valence-corrected chi connectivity index (χ3v) is 5.63. The van der Waals surface area contributed by atoms with E-state index in [0.717, 1.165) is 21.8 Å². The molecule has 3 rings (SSSR count). The van der Waals surface area contributed by atoms with Crippen LogP contribution in [0.15, 0.2) is 58.8 Å². The summed E-state index contributed by atoms with van der Waals surface area (Å²) >= 11 is 1.53. The number of benzene rings is 2. The molecule has 1 heterocycles. The maximum atomic E-state index is 11.3. The summed E-state index contributed by atoms with van der Waals surface area (Å²) in [6.07, 6.45) is 0. The molecule has 0 unspecified atom stereocenters. The van der Waals surface area contributed by atoms with E-state index < -0.39 is 10.0 Å². The van der Waals surface area contributed by atoms with Crippen LogP contribution in [0.25, 0.3) is 21.8 Å². The van der Waals surface area contributed by atoms with E-state index in [4.69, 9.17) is 5.14 Å². The minimum atomic E-state index is -3.67. The van der Waals surface area contributed by atoms with Gasteiger partial charge in [-0.25, -0.2) is 18.5 Å². The summed E-state index contributed by atoms with van der Waals surface area (Å²) in [4.78, 5) is 4.76. The molecule has 24 heavy (non-hydrogen) atoms. The monoisotopic (exact) mass is 358 g/mol. The molecule has 0 saturated heterocycles. The largest absolute Gasteiger partial charge is 0.238 e. The van der Waals surface area contributed by atoms with Crippen molar-refractivity contribution in [2.24, 2.45) is 5.14 Å². The molecule has 0 aliphatic rings. The lowest BCUT2D eigenvalue weighted by Crippen LogP contribution is -2.11. The van der Waals surface area contributed by atoms with E-state index in [0.29, 0.717) is 5.92 Å². The third-order valence-electron chi connectivity index (χ3n) is 3.81. The Labute approximate surface area is 146 Å². The second kappa shape index (κ2) is 6.47. The second-order valence-corrected chi connectivity index (χ2v) is 8.30. The van der Waals surface area contributed by atoms with E-state index in [1.165, 1.54) is 29.0 Å². The highest BCUT2D eigenvalue weighted by Crippen LogP contribution is 2.30. The molecule has 0 fully saturated rings. The first kappa shape index (κ1) is 16.8. The van der Waals surface area contributed by atoms with Gasteiger partial charge in [-0.15, -0.1) is 11.3 Å². The van der Waals surface area contributed by atoms with Crippen LogP contribution in [0.3, 0.4) is 0 Å². The predicted molar refractivity (Wildman–Crippen MR) is 98.4 cm³/mol. The Morgan fingerprint density at radius 2 is 1.54 bits per heavy atom. The first-order valence-electron chi connectivity index (χ1n) is 7.53. The van der Waals surface area contributed by atoms with E-state index in [1.54, 1.807) is 12.1 Å². The van der Waals surface area contributed by atoms with Gasteiger partial charge in [-0.05, 0) is 23.6 Å². The van der Waals surface area contributed by atoms with Crippen molar-refractivity contribution in [2.45, 2.75) is 24.7 Å². The molecule has 4 nitrogen and oxygen atoms in total. The van der Waals surface area contributed by atoms with Crippen LogP contribution < -0.4 is 5.14 Å². The Morgan fingerprint density at radius 3 is 2.08 bits per heavy atom. The lowest BCUT2D eigenvalue weighted by molar-refractivity contribution is 0.598. The molecule has 124 valence electrons. The van der Waals surface area contributed by atoms with Crippen LogP contribution in [0.4, 0.5) is 0 Å². The molecule has 0 aliphatic carbocycles. The van der Waals surface area contributed by atoms with Crippen molar-refractivity contribution < 1.29 is 8.42 Å². The van der Waals surface area contributed by atoms with Gasteiger partial charge in [0, 0.05) is 16.5 Å². The second-order valence-electron chi connectivity index (χ2n) is 5.88. The number of nitrogens with zero attached hydrogens (tertiary/aromatic N) is 1. The molecule has 3 aromatic rings. The summed E-state index contributed by atoms with van der Waals surface area (Å²) in [5.74, 6) is 0.502. The summed E-state index contributed by atoms with van der Waals surface area (Å²) in [5.41, 5.74) is 4.16. The van der Waals surface area contributed by atoms with Crippen molar-refractivity contribution in [1.82, 2.24) is 4.98 Å². The lowest BCUT2D eigenvalue weighted by atomic mass is 10.0. The van der Waals surface area contributed by atoms with E-state index in [1.807, 2.05) is 5.38 Å². The maximum absolute atomic E-state index is 11.3. The molecule has 0 radical (unpaired) electrons. The summed E-state index contributed by atoms with van der Waals surface area (Å²) in [6, 6.07) is 14.9. The van der Waals surface area contributed by atoms with Crippen molar-refractivity contribution in [2.75, 3.05) is 0 Å². The van der Waals surface area contributed by atoms with Crippen LogP contribution >= 0.6 is 11.3 Å². The first-order valence-corrected chi connectivity index (χ1v) is 9.96. The zero-order valence-electron chi connectivity index (χ0n) is 13.4. The van der Waals surface area contributed by atoms with Gasteiger partial charge < -0.3 is 0 Å². The van der Waals surface area contributed by atoms with Crippen molar-refractivity contribution >= 4 is 21.4 Å². The standard InChI is InChI=1S/C18H18N2O2S2/c1-12(2)13-3-5-14(6-4-13)17-11-23-18(20-17)15-7-9-16(10-8-15)24(19,21)22/h3-12H,1-2H3,(H2,19,21,22). The Bertz CT molecular complexity index is 941. The van der Waals surface area contributed by atoms with E-state index in [9.17, 15) is 8.42 Å². The molecule has 2 N–H and O–H groups in total. The minimum absolute atomic E-state index is 0.104. The zero-order chi connectivity index (χ0) is 17.3. The van der Waals surface area contributed by atoms with Crippen LogP contribution in [-0.4, -0.2) is 13.4 Å². The molecule has 2 aromatic carbocycles. The van der Waals surface area contributed by atoms with Gasteiger partial charge >= 0.3 is 0 Å². The van der Waals surface area contributed by atoms with Crippen molar-refractivity contribution in [1.29, 1.82) is 0 Å². The van der Waals surface area contributed by atoms with Crippen molar-refractivity contribution in [3.05, 3.63) is 59.5 Å². The number of hydrogen-bond acceptors (Lipinski definition) is 4. The fraction of sp³-hybridized carbons (Fsp3) is 0.167. The van der Waals surface area contributed by atoms with E-state index in [-0.39, 0.29) is 4.90 Å². The van der Waals surface area contributed by atoms with Crippen LogP contribution in [0.2, 0.25) is 0 Å². The highest BCUT2D eigenvalue weighted by Gasteiger charge is 2.10. The summed E-state index contributed by atoms with van der Waals surface area (Å²) < 4.78 is 22.6. The highest BCUT2D eigenvalue weighted by molar-refractivity contribution is 7.89. The number of nitrogens with two attached hydrogens (primary N) is 1. The summed E-state index contributed by atoms with van der Waals surface area (Å²) in [7, 11) is -3.67. The lowest BCUT2D eigenvalue weighted by Gasteiger charge is -2.05. The SMILES string of the molecule is CC(C)c1ccc(-c2csc(-c3ccc(S(N)(=O)=O)cc3)n2)cc1. The molecule has 0 spiro atoms. The third kappa shape index (κ3) is 3.56. The van der Waals surface area contributed by atoms with Gasteiger partial charge in [0.15, 0.2) is 0 Å². The predicted octanol–water partition coefficient (Wildman–Crippen LogP) is 4.25. The van der Waals surface area contributed by atoms with Crippen molar-refractivity contribution in [3.8, 4) is 21.8 Å². The molecule has 0 aliphatic heterocycles. The number of sulfonamides is 1. The quantitative estimate of drug-likeness (QED) is 0.758. The van der Waals surface area contributed by atoms with Gasteiger partial charge in [0.05, 0.1) is 10.6 Å². The number of rotatable bonds is 4. The molecular weight excluding hydrogens is 340 g/mol. The fourth-order valence-corrected chi connectivity index (χ4v) is 3.72. The van der Waals surface area contributed by atoms with Crippen LogP contribution in [-0.2, 0) is 10.0 Å². The fourth-order valence-electron chi connectivity index (χ4n) is 2.36. The van der Waals surface area contributed by atoms with Crippen LogP contribution in [0, 0.1) is 0 Å². The van der Waals surface area contributed by atoms with Gasteiger partial charge in [0.2, 0.25) is 10.0 Å². The van der Waals surface area contributed by atoms with Gasteiger partial charge in [-0.3, -0.25) is 0 Å². The van der Waals surface area contributed by atoms with E-state index >= 15 is 0 Å². The first-order chi connectivity index (χ1) is 11.3. The molecular formula is C18H18N2O2S2. The molecule has 1 aromatic heterocycles. The number of aromatic nitrogens is 1. The Hall–Kier alpha value is -2.02. The highest BCUT2D eigenvalue weighted by atomic mass is 32.2. The summed E-state index contributed by atoms with van der Waals surface area (Å²) in [6.45, 7) is 4.34. The molecule has 0 amide bonds. The topological polar surface area (TPSA) is 73.1 Å². The normalized spacial score (nSPS) is 11.8. The average Bonchev–Trinajstić information content (AvgIpc) is 3.04. The number of primary sulfonamides is 1. The smallest absolute Gasteiger partial charge is 0.236 e. The summed E-state index contributed by atoms with van der Waals surface area (Å²) in [5, 5.41) is 7.97. The van der Waals surface area contributed by atoms with Crippen LogP contribution in [0.1, 0.15) is 25.3 Å². The molecule has 0 saturated carbocycles. The Morgan fingerprint density at radius 1 is 0.958 bits per heavy atom. The Kier molecular flexibility index (Phi) is 4.54. The van der Waals surface area contributed by atoms with E-state index in [2.05, 4.69) is 43.1 Å². The average molecular weight is 358 g/mol. The van der Waals surface area contributed by atoms with Gasteiger partial charge in [0.1, 0.15) is 5.01 Å². The number of hydrogen-bond donors (Lipinski definition) is 1. The van der Waals surface area contributed by atoms with Crippen LogP contribution in [0.5, 0.6) is 0 Å². The minimum Gasteiger partial charge on any atom is -0.236 e. The van der Waals surface area contributed by atoms with Crippen molar-refractivity contribution in [3.63, 3.8) is 0 Å². The molecule has 6 heteroatoms. The van der Waals surface area contributed by atoms with Gasteiger partial charge in [-0.2, -0.15) is 0 Å². The Balaban J connectivity index is 1.87. The zero-order valence-corrected chi connectivity index (χ0v) is 15.1. The molecule has 0 bridgehead atoms.